The standard InChI is InChI=1S/C20H36N6.HI/c1-2-22-19(23-12-16-25-15-11-21-18-25)24-17-20(9-5-3-6-10-20)26-13-7-4-8-14-26;/h11,15,18H,2-10,12-14,16-17H2,1H3,(H2,22,23,24);1H. The molecule has 1 saturated heterocycles. The topological polar surface area (TPSA) is 57.5 Å². The fourth-order valence-corrected chi connectivity index (χ4v) is 4.44. The molecule has 154 valence electrons. The van der Waals surface area contributed by atoms with E-state index < -0.39 is 0 Å². The fourth-order valence-electron chi connectivity index (χ4n) is 4.44. The van der Waals surface area contributed by atoms with Crippen molar-refractivity contribution < 1.29 is 0 Å². The second-order valence-corrected chi connectivity index (χ2v) is 7.76. The van der Waals surface area contributed by atoms with Crippen LogP contribution >= 0.6 is 24.0 Å². The van der Waals surface area contributed by atoms with Gasteiger partial charge in [-0.05, 0) is 45.7 Å². The number of hydrogen-bond donors (Lipinski definition) is 2. The van der Waals surface area contributed by atoms with Gasteiger partial charge in [0.05, 0.1) is 12.9 Å². The van der Waals surface area contributed by atoms with E-state index in [1.54, 1.807) is 0 Å². The highest BCUT2D eigenvalue weighted by atomic mass is 127. The smallest absolute Gasteiger partial charge is 0.191 e. The van der Waals surface area contributed by atoms with Crippen molar-refractivity contribution in [3.8, 4) is 0 Å². The number of imidazole rings is 1. The molecule has 1 aromatic rings. The van der Waals surface area contributed by atoms with Crippen LogP contribution in [0.2, 0.25) is 0 Å². The van der Waals surface area contributed by atoms with Crippen LogP contribution in [0.25, 0.3) is 0 Å². The Labute approximate surface area is 181 Å². The van der Waals surface area contributed by atoms with Crippen LogP contribution in [-0.4, -0.2) is 58.7 Å². The van der Waals surface area contributed by atoms with Gasteiger partial charge in [-0.15, -0.1) is 24.0 Å². The highest BCUT2D eigenvalue weighted by molar-refractivity contribution is 14.0. The summed E-state index contributed by atoms with van der Waals surface area (Å²) in [6.07, 6.45) is 16.5. The van der Waals surface area contributed by atoms with Crippen LogP contribution in [0.5, 0.6) is 0 Å². The van der Waals surface area contributed by atoms with Crippen LogP contribution in [0, 0.1) is 0 Å². The average Bonchev–Trinajstić information content (AvgIpc) is 3.21. The summed E-state index contributed by atoms with van der Waals surface area (Å²) in [5, 5.41) is 6.91. The molecule has 1 aliphatic heterocycles. The Balaban J connectivity index is 0.00000261. The van der Waals surface area contributed by atoms with E-state index in [1.807, 2.05) is 18.7 Å². The first kappa shape index (κ1) is 22.5. The monoisotopic (exact) mass is 488 g/mol. The first-order valence-electron chi connectivity index (χ1n) is 10.6. The lowest BCUT2D eigenvalue weighted by molar-refractivity contribution is 0.0407. The molecule has 0 unspecified atom stereocenters. The summed E-state index contributed by atoms with van der Waals surface area (Å²) >= 11 is 0. The number of piperidine rings is 1. The van der Waals surface area contributed by atoms with E-state index in [1.165, 1.54) is 64.5 Å². The van der Waals surface area contributed by atoms with Crippen molar-refractivity contribution in [1.29, 1.82) is 0 Å². The van der Waals surface area contributed by atoms with E-state index in [0.717, 1.165) is 32.1 Å². The number of hydrogen-bond acceptors (Lipinski definition) is 3. The number of nitrogens with one attached hydrogen (secondary N) is 2. The minimum Gasteiger partial charge on any atom is -0.357 e. The molecule has 2 heterocycles. The molecule has 0 spiro atoms. The first-order chi connectivity index (χ1) is 12.8. The Hall–Kier alpha value is -0.830. The van der Waals surface area contributed by atoms with Crippen molar-refractivity contribution in [1.82, 2.24) is 25.1 Å². The summed E-state index contributed by atoms with van der Waals surface area (Å²) in [6, 6.07) is 0. The quantitative estimate of drug-likeness (QED) is 0.352. The van der Waals surface area contributed by atoms with E-state index in [4.69, 9.17) is 4.99 Å². The Morgan fingerprint density at radius 2 is 1.81 bits per heavy atom. The van der Waals surface area contributed by atoms with Crippen molar-refractivity contribution in [3.63, 3.8) is 0 Å². The van der Waals surface area contributed by atoms with Gasteiger partial charge in [0.2, 0.25) is 0 Å². The van der Waals surface area contributed by atoms with Gasteiger partial charge in [-0.1, -0.05) is 25.7 Å². The van der Waals surface area contributed by atoms with Gasteiger partial charge in [-0.3, -0.25) is 9.89 Å². The SMILES string of the molecule is CCNC(=NCC1(N2CCCCC2)CCCCC1)NCCn1ccnc1.I. The lowest BCUT2D eigenvalue weighted by Gasteiger charge is -2.47. The third-order valence-electron chi connectivity index (χ3n) is 5.91. The minimum atomic E-state index is 0. The molecule has 3 rings (SSSR count). The van der Waals surface area contributed by atoms with Crippen molar-refractivity contribution in [3.05, 3.63) is 18.7 Å². The number of guanidine groups is 1. The molecule has 0 atom stereocenters. The highest BCUT2D eigenvalue weighted by Crippen LogP contribution is 2.35. The summed E-state index contributed by atoms with van der Waals surface area (Å²) in [7, 11) is 0. The Morgan fingerprint density at radius 1 is 1.07 bits per heavy atom. The molecule has 1 saturated carbocycles. The minimum absolute atomic E-state index is 0. The molecule has 2 fully saturated rings. The average molecular weight is 488 g/mol. The first-order valence-corrected chi connectivity index (χ1v) is 10.6. The molecular weight excluding hydrogens is 451 g/mol. The van der Waals surface area contributed by atoms with Crippen LogP contribution in [-0.2, 0) is 6.54 Å². The molecule has 2 N–H and O–H groups in total. The van der Waals surface area contributed by atoms with Gasteiger partial charge in [-0.2, -0.15) is 0 Å². The van der Waals surface area contributed by atoms with Gasteiger partial charge in [0.15, 0.2) is 5.96 Å². The van der Waals surface area contributed by atoms with Gasteiger partial charge in [0, 0.05) is 37.6 Å². The van der Waals surface area contributed by atoms with Crippen LogP contribution in [0.15, 0.2) is 23.7 Å². The molecule has 2 aliphatic rings. The maximum absolute atomic E-state index is 5.03. The highest BCUT2D eigenvalue weighted by Gasteiger charge is 2.38. The summed E-state index contributed by atoms with van der Waals surface area (Å²) in [5.41, 5.74) is 0.297. The van der Waals surface area contributed by atoms with E-state index in [-0.39, 0.29) is 24.0 Å². The zero-order valence-corrected chi connectivity index (χ0v) is 19.2. The summed E-state index contributed by atoms with van der Waals surface area (Å²) in [5.74, 6) is 0.953. The zero-order chi connectivity index (χ0) is 18.1. The number of nitrogens with zero attached hydrogens (tertiary/aromatic N) is 4. The Kier molecular flexibility index (Phi) is 9.89. The van der Waals surface area contributed by atoms with Gasteiger partial charge in [0.1, 0.15) is 0 Å². The van der Waals surface area contributed by atoms with Crippen LogP contribution in [0.4, 0.5) is 0 Å². The van der Waals surface area contributed by atoms with Crippen LogP contribution in [0.1, 0.15) is 58.3 Å². The molecule has 1 aliphatic carbocycles. The second-order valence-electron chi connectivity index (χ2n) is 7.76. The van der Waals surface area contributed by atoms with E-state index in [0.29, 0.717) is 5.54 Å². The fraction of sp³-hybridized carbons (Fsp3) is 0.800. The molecule has 27 heavy (non-hydrogen) atoms. The molecule has 6 nitrogen and oxygen atoms in total. The van der Waals surface area contributed by atoms with E-state index >= 15 is 0 Å². The van der Waals surface area contributed by atoms with Gasteiger partial charge >= 0.3 is 0 Å². The van der Waals surface area contributed by atoms with Crippen molar-refractivity contribution in [2.45, 2.75) is 70.4 Å². The maximum Gasteiger partial charge on any atom is 0.191 e. The van der Waals surface area contributed by atoms with Crippen molar-refractivity contribution >= 4 is 29.9 Å². The molecule has 1 aromatic heterocycles. The molecule has 0 bridgehead atoms. The Bertz CT molecular complexity index is 533. The number of halogens is 1. The number of rotatable bonds is 7. The molecule has 0 amide bonds. The third-order valence-corrected chi connectivity index (χ3v) is 5.91. The molecular formula is C20H37IN6. The predicted octanol–water partition coefficient (Wildman–Crippen LogP) is 3.25. The summed E-state index contributed by atoms with van der Waals surface area (Å²) in [6.45, 7) is 8.25. The summed E-state index contributed by atoms with van der Waals surface area (Å²) in [4.78, 5) is 11.9. The number of likely N-dealkylation sites (tertiary alicyclic amines) is 1. The lowest BCUT2D eigenvalue weighted by atomic mass is 9.79. The predicted molar refractivity (Wildman–Crippen MR) is 123 cm³/mol. The second kappa shape index (κ2) is 11.9. The lowest BCUT2D eigenvalue weighted by Crippen LogP contribution is -2.54. The van der Waals surface area contributed by atoms with Gasteiger partial charge < -0.3 is 15.2 Å². The van der Waals surface area contributed by atoms with Gasteiger partial charge in [-0.25, -0.2) is 4.98 Å². The van der Waals surface area contributed by atoms with Crippen molar-refractivity contribution in [2.24, 2.45) is 4.99 Å². The van der Waals surface area contributed by atoms with Crippen LogP contribution < -0.4 is 10.6 Å². The van der Waals surface area contributed by atoms with E-state index in [2.05, 4.69) is 32.0 Å². The zero-order valence-electron chi connectivity index (χ0n) is 16.8. The van der Waals surface area contributed by atoms with E-state index in [9.17, 15) is 0 Å². The van der Waals surface area contributed by atoms with Crippen LogP contribution in [0.3, 0.4) is 0 Å². The van der Waals surface area contributed by atoms with Gasteiger partial charge in [0.25, 0.3) is 0 Å². The molecule has 0 aromatic carbocycles. The molecule has 7 heteroatoms. The maximum atomic E-state index is 5.03. The number of aromatic nitrogens is 2. The van der Waals surface area contributed by atoms with Crippen molar-refractivity contribution in [2.75, 3.05) is 32.7 Å². The Morgan fingerprint density at radius 3 is 2.48 bits per heavy atom. The normalized spacial score (nSPS) is 20.7. The largest absolute Gasteiger partial charge is 0.357 e. The molecule has 0 radical (unpaired) electrons. The summed E-state index contributed by atoms with van der Waals surface area (Å²) < 4.78 is 2.09. The number of aliphatic imine (C=N–C) groups is 1. The third kappa shape index (κ3) is 6.62.